The van der Waals surface area contributed by atoms with E-state index in [2.05, 4.69) is 25.0 Å². The summed E-state index contributed by atoms with van der Waals surface area (Å²) in [6, 6.07) is 0. The molecule has 0 aliphatic carbocycles. The molecule has 0 rings (SSSR count). The number of terminal acetylenes is 2. The molecule has 0 saturated heterocycles. The molecule has 0 heteroatoms. The highest BCUT2D eigenvalue weighted by Gasteiger charge is 1.59. The molecule has 0 radical (unpaired) electrons. The van der Waals surface area contributed by atoms with Crippen LogP contribution in [0.4, 0.5) is 0 Å². The maximum Gasteiger partial charge on any atom is -0.00853 e. The molecule has 0 unspecified atom stereocenters. The Labute approximate surface area is 63.6 Å². The molecule has 0 aliphatic rings. The van der Waals surface area contributed by atoms with Crippen molar-refractivity contribution in [2.45, 2.75) is 13.8 Å². The van der Waals surface area contributed by atoms with E-state index in [1.807, 2.05) is 0 Å². The van der Waals surface area contributed by atoms with Crippen LogP contribution in [-0.4, -0.2) is 0 Å². The van der Waals surface area contributed by atoms with Gasteiger partial charge >= 0.3 is 0 Å². The topological polar surface area (TPSA) is 0 Å². The molecule has 0 atom stereocenters. The molecule has 0 bridgehead atoms. The smallest absolute Gasteiger partial charge is 0.00853 e. The van der Waals surface area contributed by atoms with Gasteiger partial charge in [-0.2, -0.15) is 0 Å². The van der Waals surface area contributed by atoms with Crippen LogP contribution in [0.15, 0.2) is 24.3 Å². The van der Waals surface area contributed by atoms with Crippen LogP contribution in [0.2, 0.25) is 0 Å². The summed E-state index contributed by atoms with van der Waals surface area (Å²) in [7, 11) is 0. The summed E-state index contributed by atoms with van der Waals surface area (Å²) in [6.07, 6.45) is 9.64. The van der Waals surface area contributed by atoms with Gasteiger partial charge in [0.25, 0.3) is 0 Å². The third-order valence-electron chi connectivity index (χ3n) is 0.493. The van der Waals surface area contributed by atoms with Crippen molar-refractivity contribution in [1.82, 2.24) is 0 Å². The van der Waals surface area contributed by atoms with E-state index in [1.54, 1.807) is 13.8 Å². The average molecular weight is 132 g/mol. The minimum Gasteiger partial charge on any atom is -0.115 e. The van der Waals surface area contributed by atoms with E-state index in [4.69, 9.17) is 12.8 Å². The quantitative estimate of drug-likeness (QED) is 0.444. The molecule has 0 amide bonds. The fourth-order valence-electron chi connectivity index (χ4n) is 0. The number of rotatable bonds is 0. The lowest BCUT2D eigenvalue weighted by atomic mass is 10.4. The number of hydrogen-bond donors (Lipinski definition) is 0. The van der Waals surface area contributed by atoms with Crippen molar-refractivity contribution in [2.75, 3.05) is 0 Å². The highest BCUT2D eigenvalue weighted by atomic mass is 13.6. The second-order valence-electron chi connectivity index (χ2n) is 1.85. The number of hydrogen-bond acceptors (Lipinski definition) is 0. The minimum absolute atomic E-state index is 0.782. The molecule has 0 aliphatic heterocycles. The lowest BCUT2D eigenvalue weighted by Gasteiger charge is -1.66. The van der Waals surface area contributed by atoms with E-state index < -0.39 is 0 Å². The molecule has 0 saturated carbocycles. The molecule has 0 aromatic rings. The Hall–Kier alpha value is -1.40. The fraction of sp³-hybridized carbons (Fsp3) is 0.200. The lowest BCUT2D eigenvalue weighted by Crippen LogP contribution is -1.52. The van der Waals surface area contributed by atoms with Gasteiger partial charge in [0.2, 0.25) is 0 Å². The van der Waals surface area contributed by atoms with E-state index in [0.29, 0.717) is 0 Å². The SMILES string of the molecule is C#CC(=C)C.C#CC(=C)C. The van der Waals surface area contributed by atoms with Gasteiger partial charge in [0.05, 0.1) is 0 Å². The Morgan fingerprint density at radius 1 is 1.00 bits per heavy atom. The second kappa shape index (κ2) is 7.60. The molecular formula is C10H12. The van der Waals surface area contributed by atoms with Crippen molar-refractivity contribution >= 4 is 0 Å². The fourth-order valence-corrected chi connectivity index (χ4v) is 0. The lowest BCUT2D eigenvalue weighted by molar-refractivity contribution is 1.63. The molecule has 10 heavy (non-hydrogen) atoms. The van der Waals surface area contributed by atoms with Crippen LogP contribution in [-0.2, 0) is 0 Å². The Morgan fingerprint density at radius 2 is 1.10 bits per heavy atom. The van der Waals surface area contributed by atoms with E-state index in [-0.39, 0.29) is 0 Å². The van der Waals surface area contributed by atoms with Crippen molar-refractivity contribution in [3.05, 3.63) is 24.3 Å². The first kappa shape index (κ1) is 11.4. The Morgan fingerprint density at radius 3 is 1.10 bits per heavy atom. The standard InChI is InChI=1S/2C5H6/c2*1-4-5(2)3/h2*1H,2H2,3H3. The summed E-state index contributed by atoms with van der Waals surface area (Å²) in [5.41, 5.74) is 1.56. The molecule has 0 fully saturated rings. The van der Waals surface area contributed by atoms with Crippen LogP contribution in [0.25, 0.3) is 0 Å². The third kappa shape index (κ3) is 30.6. The normalized spacial score (nSPS) is 5.60. The van der Waals surface area contributed by atoms with E-state index >= 15 is 0 Å². The monoisotopic (exact) mass is 132 g/mol. The molecule has 0 nitrogen and oxygen atoms in total. The third-order valence-corrected chi connectivity index (χ3v) is 0.493. The van der Waals surface area contributed by atoms with E-state index in [0.717, 1.165) is 11.1 Å². The van der Waals surface area contributed by atoms with Gasteiger partial charge in [-0.3, -0.25) is 0 Å². The predicted octanol–water partition coefficient (Wildman–Crippen LogP) is 2.39. The minimum atomic E-state index is 0.782. The first-order valence-electron chi connectivity index (χ1n) is 2.78. The average Bonchev–Trinajstić information content (AvgIpc) is 1.89. The zero-order valence-corrected chi connectivity index (χ0v) is 6.57. The molecule has 0 aromatic carbocycles. The van der Waals surface area contributed by atoms with Gasteiger partial charge < -0.3 is 0 Å². The Bertz CT molecular complexity index is 169. The first-order valence-corrected chi connectivity index (χ1v) is 2.78. The summed E-state index contributed by atoms with van der Waals surface area (Å²) >= 11 is 0. The Kier molecular flexibility index (Phi) is 8.67. The molecular weight excluding hydrogens is 120 g/mol. The molecule has 52 valence electrons. The van der Waals surface area contributed by atoms with Crippen LogP contribution < -0.4 is 0 Å². The first-order chi connectivity index (χ1) is 4.54. The van der Waals surface area contributed by atoms with Crippen molar-refractivity contribution in [2.24, 2.45) is 0 Å². The van der Waals surface area contributed by atoms with Gasteiger partial charge in [0.1, 0.15) is 0 Å². The maximum atomic E-state index is 4.82. The van der Waals surface area contributed by atoms with Gasteiger partial charge in [0.15, 0.2) is 0 Å². The Balaban J connectivity index is 0. The highest BCUT2D eigenvalue weighted by Crippen LogP contribution is 1.75. The van der Waals surface area contributed by atoms with Crippen LogP contribution in [0.3, 0.4) is 0 Å². The highest BCUT2D eigenvalue weighted by molar-refractivity contribution is 5.17. The molecule has 0 spiro atoms. The largest absolute Gasteiger partial charge is 0.115 e. The second-order valence-corrected chi connectivity index (χ2v) is 1.85. The summed E-state index contributed by atoms with van der Waals surface area (Å²) in [5, 5.41) is 0. The summed E-state index contributed by atoms with van der Waals surface area (Å²) in [4.78, 5) is 0. The number of allylic oxidation sites excluding steroid dienone is 2. The maximum absolute atomic E-state index is 4.82. The van der Waals surface area contributed by atoms with E-state index in [1.165, 1.54) is 0 Å². The van der Waals surface area contributed by atoms with Crippen LogP contribution in [0.1, 0.15) is 13.8 Å². The van der Waals surface area contributed by atoms with Crippen molar-refractivity contribution in [3.8, 4) is 24.7 Å². The van der Waals surface area contributed by atoms with Crippen molar-refractivity contribution in [1.29, 1.82) is 0 Å². The van der Waals surface area contributed by atoms with Crippen LogP contribution in [0.5, 0.6) is 0 Å². The molecule has 0 heterocycles. The summed E-state index contributed by atoms with van der Waals surface area (Å²) < 4.78 is 0. The zero-order valence-electron chi connectivity index (χ0n) is 6.57. The summed E-state index contributed by atoms with van der Waals surface area (Å²) in [6.45, 7) is 10.5. The predicted molar refractivity (Wildman–Crippen MR) is 47.3 cm³/mol. The van der Waals surface area contributed by atoms with Gasteiger partial charge in [-0.05, 0) is 25.0 Å². The molecule has 0 aromatic heterocycles. The molecule has 0 N–H and O–H groups in total. The van der Waals surface area contributed by atoms with Gasteiger partial charge in [-0.1, -0.05) is 25.0 Å². The van der Waals surface area contributed by atoms with Crippen LogP contribution >= 0.6 is 0 Å². The van der Waals surface area contributed by atoms with Crippen LogP contribution in [0, 0.1) is 24.7 Å². The van der Waals surface area contributed by atoms with Gasteiger partial charge in [0, 0.05) is 0 Å². The van der Waals surface area contributed by atoms with Crippen molar-refractivity contribution in [3.63, 3.8) is 0 Å². The zero-order chi connectivity index (χ0) is 8.57. The van der Waals surface area contributed by atoms with Crippen molar-refractivity contribution < 1.29 is 0 Å². The summed E-state index contributed by atoms with van der Waals surface area (Å²) in [5.74, 6) is 4.67. The van der Waals surface area contributed by atoms with Gasteiger partial charge in [-0.15, -0.1) is 12.8 Å². The van der Waals surface area contributed by atoms with E-state index in [9.17, 15) is 0 Å². The van der Waals surface area contributed by atoms with Gasteiger partial charge in [-0.25, -0.2) is 0 Å².